The number of nitrogens with zero attached hydrogens (tertiary/aromatic N) is 3. The van der Waals surface area contributed by atoms with Crippen molar-refractivity contribution >= 4 is 34.5 Å². The highest BCUT2D eigenvalue weighted by atomic mass is 16.5. The van der Waals surface area contributed by atoms with E-state index in [0.29, 0.717) is 24.4 Å². The van der Waals surface area contributed by atoms with Gasteiger partial charge >= 0.3 is 0 Å². The van der Waals surface area contributed by atoms with Gasteiger partial charge in [-0.3, -0.25) is 14.5 Å². The van der Waals surface area contributed by atoms with Crippen molar-refractivity contribution in [2.24, 2.45) is 0 Å². The van der Waals surface area contributed by atoms with Crippen molar-refractivity contribution in [1.82, 2.24) is 0 Å². The molecule has 2 aliphatic heterocycles. The molecule has 1 unspecified atom stereocenters. The molecule has 0 spiro atoms. The Hall–Kier alpha value is -4.26. The van der Waals surface area contributed by atoms with Gasteiger partial charge in [0.05, 0.1) is 23.8 Å². The predicted molar refractivity (Wildman–Crippen MR) is 156 cm³/mol. The molecule has 0 bridgehead atoms. The number of ketones is 1. The van der Waals surface area contributed by atoms with Crippen LogP contribution >= 0.6 is 0 Å². The van der Waals surface area contributed by atoms with Crippen LogP contribution in [0.4, 0.5) is 17.1 Å². The number of Topliss-reactive ketones (excluding diaryl/α,β-unsaturated/α-hetero) is 1. The first-order chi connectivity index (χ1) is 18.7. The molecule has 1 amide bonds. The average Bonchev–Trinajstić information content (AvgIpc) is 3.21. The van der Waals surface area contributed by atoms with Crippen molar-refractivity contribution in [3.63, 3.8) is 0 Å². The van der Waals surface area contributed by atoms with Gasteiger partial charge in [0.15, 0.2) is 0 Å². The predicted octanol–water partition coefficient (Wildman–Crippen LogP) is 5.60. The van der Waals surface area contributed by atoms with Crippen LogP contribution in [0.15, 0.2) is 66.2 Å². The molecule has 1 fully saturated rings. The van der Waals surface area contributed by atoms with E-state index in [1.54, 1.807) is 12.1 Å². The van der Waals surface area contributed by atoms with E-state index >= 15 is 0 Å². The van der Waals surface area contributed by atoms with E-state index in [4.69, 9.17) is 4.74 Å². The number of rotatable bonds is 6. The zero-order valence-corrected chi connectivity index (χ0v) is 23.2. The van der Waals surface area contributed by atoms with Gasteiger partial charge in [-0.25, -0.2) is 0 Å². The molecule has 1 atom stereocenters. The van der Waals surface area contributed by atoms with E-state index in [2.05, 4.69) is 18.7 Å². The number of amides is 1. The van der Waals surface area contributed by atoms with E-state index in [0.717, 1.165) is 46.9 Å². The highest BCUT2D eigenvalue weighted by molar-refractivity contribution is 6.51. The van der Waals surface area contributed by atoms with E-state index in [9.17, 15) is 14.7 Å². The second-order valence-corrected chi connectivity index (χ2v) is 10.2. The second-order valence-electron chi connectivity index (χ2n) is 10.2. The topological polar surface area (TPSA) is 73.3 Å². The summed E-state index contributed by atoms with van der Waals surface area (Å²) >= 11 is 0. The molecule has 0 aromatic heterocycles. The number of carbonyl (C=O) groups excluding carboxylic acids is 2. The van der Waals surface area contributed by atoms with Gasteiger partial charge in [-0.2, -0.15) is 0 Å². The fourth-order valence-corrected chi connectivity index (χ4v) is 5.40. The van der Waals surface area contributed by atoms with Gasteiger partial charge in [0.2, 0.25) is 0 Å². The summed E-state index contributed by atoms with van der Waals surface area (Å²) < 4.78 is 5.75. The molecular weight excluding hydrogens is 490 g/mol. The standard InChI is InChI=1S/C32H35N3O4/c1-6-34(7-2)24-13-9-22(10-14-24)29-28(30(36)23-11-15-27-26(19-23)33(5)16-17-39-27)31(37)32(38)35(29)25-12-8-20(3)21(4)18-25/h8-15,18-19,29,36H,6-7,16-17H2,1-5H3/b30-28-. The summed E-state index contributed by atoms with van der Waals surface area (Å²) in [4.78, 5) is 33.0. The summed E-state index contributed by atoms with van der Waals surface area (Å²) in [5, 5.41) is 11.6. The lowest BCUT2D eigenvalue weighted by molar-refractivity contribution is -0.132. The molecule has 2 heterocycles. The molecule has 3 aromatic rings. The van der Waals surface area contributed by atoms with Crippen LogP contribution in [0, 0.1) is 13.8 Å². The number of aryl methyl sites for hydroxylation is 2. The van der Waals surface area contributed by atoms with Crippen LogP contribution in [0.3, 0.4) is 0 Å². The summed E-state index contributed by atoms with van der Waals surface area (Å²) in [6.45, 7) is 11.2. The molecule has 0 radical (unpaired) electrons. The highest BCUT2D eigenvalue weighted by Crippen LogP contribution is 2.44. The summed E-state index contributed by atoms with van der Waals surface area (Å²) in [5.41, 5.74) is 5.91. The lowest BCUT2D eigenvalue weighted by Crippen LogP contribution is -2.29. The van der Waals surface area contributed by atoms with Gasteiger partial charge in [-0.15, -0.1) is 0 Å². The third kappa shape index (κ3) is 4.62. The molecular formula is C32H35N3O4. The first-order valence-corrected chi connectivity index (χ1v) is 13.5. The Morgan fingerprint density at radius 1 is 0.974 bits per heavy atom. The van der Waals surface area contributed by atoms with Crippen LogP contribution in [0.5, 0.6) is 5.75 Å². The molecule has 0 saturated carbocycles. The van der Waals surface area contributed by atoms with E-state index in [1.165, 1.54) is 4.90 Å². The molecule has 3 aromatic carbocycles. The zero-order chi connectivity index (χ0) is 27.8. The van der Waals surface area contributed by atoms with Crippen molar-refractivity contribution in [2.75, 3.05) is 48.0 Å². The van der Waals surface area contributed by atoms with Gasteiger partial charge in [-0.1, -0.05) is 18.2 Å². The normalized spacial score (nSPS) is 18.2. The number of fused-ring (bicyclic) bond motifs is 1. The second kappa shape index (κ2) is 10.5. The number of ether oxygens (including phenoxy) is 1. The molecule has 39 heavy (non-hydrogen) atoms. The number of hydrogen-bond acceptors (Lipinski definition) is 6. The fourth-order valence-electron chi connectivity index (χ4n) is 5.40. The molecule has 1 N–H and O–H groups in total. The maximum atomic E-state index is 13.6. The first kappa shape index (κ1) is 26.4. The van der Waals surface area contributed by atoms with Crippen molar-refractivity contribution in [1.29, 1.82) is 0 Å². The maximum Gasteiger partial charge on any atom is 0.300 e. The lowest BCUT2D eigenvalue weighted by atomic mass is 9.94. The molecule has 5 rings (SSSR count). The summed E-state index contributed by atoms with van der Waals surface area (Å²) in [6, 6.07) is 18.2. The minimum Gasteiger partial charge on any atom is -0.507 e. The minimum atomic E-state index is -0.775. The van der Waals surface area contributed by atoms with Crippen LogP contribution in [-0.4, -0.2) is 50.1 Å². The first-order valence-electron chi connectivity index (χ1n) is 13.5. The molecule has 7 nitrogen and oxygen atoms in total. The van der Waals surface area contributed by atoms with Crippen molar-refractivity contribution < 1.29 is 19.4 Å². The number of aliphatic hydroxyl groups is 1. The van der Waals surface area contributed by atoms with E-state index < -0.39 is 17.7 Å². The number of hydrogen-bond donors (Lipinski definition) is 1. The number of anilines is 3. The van der Waals surface area contributed by atoms with E-state index in [-0.39, 0.29) is 11.3 Å². The Morgan fingerprint density at radius 3 is 2.36 bits per heavy atom. The number of aliphatic hydroxyl groups excluding tert-OH is 1. The Bertz CT molecular complexity index is 1460. The Labute approximate surface area is 229 Å². The van der Waals surface area contributed by atoms with Gasteiger partial charge in [0, 0.05) is 37.1 Å². The number of benzene rings is 3. The van der Waals surface area contributed by atoms with Crippen molar-refractivity contribution in [3.05, 3.63) is 88.5 Å². The lowest BCUT2D eigenvalue weighted by Gasteiger charge is -2.28. The van der Waals surface area contributed by atoms with Gasteiger partial charge in [0.25, 0.3) is 11.7 Å². The minimum absolute atomic E-state index is 0.0770. The third-order valence-corrected chi connectivity index (χ3v) is 7.88. The summed E-state index contributed by atoms with van der Waals surface area (Å²) in [7, 11) is 1.96. The molecule has 0 aliphatic carbocycles. The third-order valence-electron chi connectivity index (χ3n) is 7.88. The molecule has 7 heteroatoms. The van der Waals surface area contributed by atoms with Gasteiger partial charge < -0.3 is 19.6 Å². The molecule has 202 valence electrons. The van der Waals surface area contributed by atoms with E-state index in [1.807, 2.05) is 74.3 Å². The zero-order valence-electron chi connectivity index (χ0n) is 23.2. The SMILES string of the molecule is CCN(CC)c1ccc(C2/C(=C(/O)c3ccc4c(c3)N(C)CCO4)C(=O)C(=O)N2c2ccc(C)c(C)c2)cc1. The largest absolute Gasteiger partial charge is 0.507 e. The Kier molecular flexibility index (Phi) is 7.08. The van der Waals surface area contributed by atoms with Crippen molar-refractivity contribution in [2.45, 2.75) is 33.7 Å². The monoisotopic (exact) mass is 525 g/mol. The van der Waals surface area contributed by atoms with Crippen LogP contribution in [0.2, 0.25) is 0 Å². The number of carbonyl (C=O) groups is 2. The Morgan fingerprint density at radius 2 is 1.69 bits per heavy atom. The summed E-state index contributed by atoms with van der Waals surface area (Å²) in [5.74, 6) is -0.833. The average molecular weight is 526 g/mol. The quantitative estimate of drug-likeness (QED) is 0.256. The van der Waals surface area contributed by atoms with Gasteiger partial charge in [0.1, 0.15) is 18.1 Å². The number of likely N-dealkylation sites (N-methyl/N-ethyl adjacent to an activating group) is 1. The van der Waals surface area contributed by atoms with Crippen LogP contribution in [0.25, 0.3) is 5.76 Å². The molecule has 1 saturated heterocycles. The van der Waals surface area contributed by atoms with Crippen molar-refractivity contribution in [3.8, 4) is 5.75 Å². The fraction of sp³-hybridized carbons (Fsp3) is 0.312. The Balaban J connectivity index is 1.68. The highest BCUT2D eigenvalue weighted by Gasteiger charge is 2.47. The van der Waals surface area contributed by atoms with Crippen LogP contribution in [-0.2, 0) is 9.59 Å². The maximum absolute atomic E-state index is 13.6. The van der Waals surface area contributed by atoms with Crippen LogP contribution in [0.1, 0.15) is 42.1 Å². The van der Waals surface area contributed by atoms with Gasteiger partial charge in [-0.05, 0) is 86.8 Å². The summed E-state index contributed by atoms with van der Waals surface area (Å²) in [6.07, 6.45) is 0. The molecule has 2 aliphatic rings. The van der Waals surface area contributed by atoms with Crippen LogP contribution < -0.4 is 19.4 Å². The smallest absolute Gasteiger partial charge is 0.300 e.